The molecule has 0 rings (SSSR count). The summed E-state index contributed by atoms with van der Waals surface area (Å²) in [6, 6.07) is 0. The molecule has 0 bridgehead atoms. The van der Waals surface area contributed by atoms with Gasteiger partial charge in [0.1, 0.15) is 0 Å². The lowest BCUT2D eigenvalue weighted by molar-refractivity contribution is 0.318. The van der Waals surface area contributed by atoms with Crippen LogP contribution in [0.4, 0.5) is 4.39 Å². The summed E-state index contributed by atoms with van der Waals surface area (Å²) in [7, 11) is 0. The van der Waals surface area contributed by atoms with Crippen molar-refractivity contribution in [1.29, 1.82) is 0 Å². The van der Waals surface area contributed by atoms with E-state index in [4.69, 9.17) is 5.11 Å². The zero-order chi connectivity index (χ0) is 6.12. The summed E-state index contributed by atoms with van der Waals surface area (Å²) in [5.74, 6) is 0. The molecule has 2 heteroatoms. The average Bonchev–Trinajstić information content (AvgIpc) is 1.69. The molecule has 0 saturated heterocycles. The molecule has 0 fully saturated rings. The Hall–Kier alpha value is -0.110. The molecule has 1 nitrogen and oxygen atoms in total. The minimum absolute atomic E-state index is 0.181. The number of halogens is 1. The Morgan fingerprint density at radius 2 is 1.57 bits per heavy atom. The number of aliphatic hydroxyl groups excluding tert-OH is 1. The van der Waals surface area contributed by atoms with Gasteiger partial charge in [-0.25, -0.2) is 0 Å². The van der Waals surface area contributed by atoms with E-state index in [-0.39, 0.29) is 13.3 Å². The van der Waals surface area contributed by atoms with Crippen LogP contribution < -0.4 is 0 Å². The van der Waals surface area contributed by atoms with Gasteiger partial charge >= 0.3 is 0 Å². The topological polar surface area (TPSA) is 20.2 Å². The van der Waals surface area contributed by atoms with Crippen LogP contribution in [0.25, 0.3) is 0 Å². The van der Waals surface area contributed by atoms with Crippen LogP contribution in [0.5, 0.6) is 0 Å². The van der Waals surface area contributed by atoms with Crippen LogP contribution in [0.1, 0.15) is 20.3 Å². The third-order valence-corrected chi connectivity index (χ3v) is 0.189. The first-order chi connectivity index (χ1) is 3.33. The molecule has 0 aromatic rings. The first kappa shape index (κ1) is 10.00. The minimum atomic E-state index is -0.181. The Balaban J connectivity index is 0. The predicted octanol–water partition coefficient (Wildman–Crippen LogP) is 1.36. The fraction of sp³-hybridized carbons (Fsp3) is 1.00. The second kappa shape index (κ2) is 16.9. The van der Waals surface area contributed by atoms with E-state index in [1.165, 1.54) is 0 Å². The first-order valence-corrected chi connectivity index (χ1v) is 2.50. The molecule has 0 amide bonds. The van der Waals surface area contributed by atoms with Crippen LogP contribution in [-0.4, -0.2) is 18.4 Å². The predicted molar refractivity (Wildman–Crippen MR) is 29.0 cm³/mol. The van der Waals surface area contributed by atoms with Crippen LogP contribution >= 0.6 is 0 Å². The molecule has 0 aromatic carbocycles. The van der Waals surface area contributed by atoms with E-state index < -0.39 is 0 Å². The molecule has 0 spiro atoms. The van der Waals surface area contributed by atoms with Crippen molar-refractivity contribution in [2.75, 3.05) is 13.3 Å². The van der Waals surface area contributed by atoms with E-state index in [0.29, 0.717) is 6.42 Å². The summed E-state index contributed by atoms with van der Waals surface area (Å²) in [5.41, 5.74) is 0. The number of alkyl halides is 1. The molecule has 7 heavy (non-hydrogen) atoms. The number of hydrogen-bond donors (Lipinski definition) is 1. The fourth-order valence-corrected chi connectivity index (χ4v) is 0. The van der Waals surface area contributed by atoms with Crippen molar-refractivity contribution in [3.8, 4) is 0 Å². The Bertz CT molecular complexity index is 15.6. The van der Waals surface area contributed by atoms with Gasteiger partial charge in [0.25, 0.3) is 0 Å². The molecule has 46 valence electrons. The molecule has 1 N–H and O–H groups in total. The highest BCUT2D eigenvalue weighted by molar-refractivity contribution is 4.11. The van der Waals surface area contributed by atoms with Gasteiger partial charge in [0.2, 0.25) is 0 Å². The smallest absolute Gasteiger partial charge is 0.0891 e. The number of aliphatic hydroxyl groups is 1. The summed E-state index contributed by atoms with van der Waals surface area (Å²) in [4.78, 5) is 0. The monoisotopic (exact) mass is 108 g/mol. The Labute approximate surface area is 44.2 Å². The Morgan fingerprint density at radius 1 is 1.43 bits per heavy atom. The van der Waals surface area contributed by atoms with Gasteiger partial charge in [0.05, 0.1) is 6.67 Å². The molecular weight excluding hydrogens is 95.1 g/mol. The van der Waals surface area contributed by atoms with Crippen molar-refractivity contribution in [1.82, 2.24) is 0 Å². The average molecular weight is 108 g/mol. The second-order valence-electron chi connectivity index (χ2n) is 1.01. The summed E-state index contributed by atoms with van der Waals surface area (Å²) < 4.78 is 10.7. The number of hydrogen-bond acceptors (Lipinski definition) is 1. The Morgan fingerprint density at radius 3 is 1.57 bits per heavy atom. The third kappa shape index (κ3) is 113. The maximum atomic E-state index is 10.7. The SMILES string of the molecule is CCCF.CCO. The zero-order valence-corrected chi connectivity index (χ0v) is 4.95. The zero-order valence-electron chi connectivity index (χ0n) is 4.95. The lowest BCUT2D eigenvalue weighted by Crippen LogP contribution is -1.58. The highest BCUT2D eigenvalue weighted by Crippen LogP contribution is 1.69. The molecule has 0 aromatic heterocycles. The van der Waals surface area contributed by atoms with Gasteiger partial charge in [0.15, 0.2) is 0 Å². The van der Waals surface area contributed by atoms with Crippen LogP contribution in [-0.2, 0) is 0 Å². The van der Waals surface area contributed by atoms with Crippen molar-refractivity contribution >= 4 is 0 Å². The second-order valence-corrected chi connectivity index (χ2v) is 1.01. The molecule has 0 heterocycles. The van der Waals surface area contributed by atoms with Gasteiger partial charge in [-0.1, -0.05) is 6.92 Å². The maximum absolute atomic E-state index is 10.7. The molecule has 0 saturated carbocycles. The first-order valence-electron chi connectivity index (χ1n) is 2.50. The van der Waals surface area contributed by atoms with E-state index in [9.17, 15) is 4.39 Å². The highest BCUT2D eigenvalue weighted by Gasteiger charge is 1.60. The highest BCUT2D eigenvalue weighted by atomic mass is 19.1. The quantitative estimate of drug-likeness (QED) is 0.537. The minimum Gasteiger partial charge on any atom is -0.397 e. The van der Waals surface area contributed by atoms with Crippen molar-refractivity contribution in [2.45, 2.75) is 20.3 Å². The van der Waals surface area contributed by atoms with Crippen molar-refractivity contribution in [3.05, 3.63) is 0 Å². The summed E-state index contributed by atoms with van der Waals surface area (Å²) >= 11 is 0. The van der Waals surface area contributed by atoms with Crippen molar-refractivity contribution < 1.29 is 9.50 Å². The van der Waals surface area contributed by atoms with Gasteiger partial charge in [-0.2, -0.15) is 0 Å². The summed E-state index contributed by atoms with van der Waals surface area (Å²) in [6.07, 6.45) is 0.653. The van der Waals surface area contributed by atoms with Crippen LogP contribution in [0.3, 0.4) is 0 Å². The van der Waals surface area contributed by atoms with Gasteiger partial charge < -0.3 is 5.11 Å². The van der Waals surface area contributed by atoms with E-state index >= 15 is 0 Å². The molecule has 0 atom stereocenters. The van der Waals surface area contributed by atoms with E-state index in [0.717, 1.165) is 0 Å². The Kier molecular flexibility index (Phi) is 24.1. The van der Waals surface area contributed by atoms with Crippen molar-refractivity contribution in [3.63, 3.8) is 0 Å². The molecule has 0 aliphatic rings. The molecule has 0 aliphatic carbocycles. The van der Waals surface area contributed by atoms with Gasteiger partial charge in [-0.15, -0.1) is 0 Å². The van der Waals surface area contributed by atoms with Crippen LogP contribution in [0.15, 0.2) is 0 Å². The largest absolute Gasteiger partial charge is 0.397 e. The molecule has 0 unspecified atom stereocenters. The van der Waals surface area contributed by atoms with Gasteiger partial charge in [-0.3, -0.25) is 4.39 Å². The van der Waals surface area contributed by atoms with Gasteiger partial charge in [-0.05, 0) is 13.3 Å². The van der Waals surface area contributed by atoms with Gasteiger partial charge in [0, 0.05) is 6.61 Å². The van der Waals surface area contributed by atoms with E-state index in [2.05, 4.69) is 0 Å². The molecule has 0 aliphatic heterocycles. The lowest BCUT2D eigenvalue weighted by atomic mass is 10.6. The van der Waals surface area contributed by atoms with Crippen LogP contribution in [0.2, 0.25) is 0 Å². The normalized spacial score (nSPS) is 6.86. The van der Waals surface area contributed by atoms with E-state index in [1.807, 2.05) is 0 Å². The molecule has 0 radical (unpaired) electrons. The lowest BCUT2D eigenvalue weighted by Gasteiger charge is -1.64. The van der Waals surface area contributed by atoms with Crippen LogP contribution in [0, 0.1) is 0 Å². The van der Waals surface area contributed by atoms with Crippen molar-refractivity contribution in [2.24, 2.45) is 0 Å². The number of rotatable bonds is 1. The van der Waals surface area contributed by atoms with E-state index in [1.54, 1.807) is 13.8 Å². The maximum Gasteiger partial charge on any atom is 0.0891 e. The standard InChI is InChI=1S/C3H7F.C2H6O/c1-2-3-4;1-2-3/h2-3H2,1H3;3H,2H2,1H3. The molecular formula is C5H13FO. The summed E-state index contributed by atoms with van der Waals surface area (Å²) in [6.45, 7) is 3.56. The third-order valence-electron chi connectivity index (χ3n) is 0.189. The fourth-order valence-electron chi connectivity index (χ4n) is 0. The summed E-state index contributed by atoms with van der Waals surface area (Å²) in [5, 5.41) is 7.57.